The molecule has 10 nitrogen and oxygen atoms in total. The largest absolute Gasteiger partial charge is 0.467 e. The first kappa shape index (κ1) is 24.3. The molecule has 31 heavy (non-hydrogen) atoms. The van der Waals surface area contributed by atoms with Gasteiger partial charge in [-0.3, -0.25) is 14.5 Å². The van der Waals surface area contributed by atoms with Gasteiger partial charge in [0.05, 0.1) is 12.0 Å². The summed E-state index contributed by atoms with van der Waals surface area (Å²) in [5, 5.41) is 5.10. The molecule has 0 bridgehead atoms. The van der Waals surface area contributed by atoms with Crippen molar-refractivity contribution in [3.8, 4) is 0 Å². The Balaban J connectivity index is 2.21. The van der Waals surface area contributed by atoms with Gasteiger partial charge in [-0.25, -0.2) is 18.0 Å². The summed E-state index contributed by atoms with van der Waals surface area (Å²) in [7, 11) is -2.21. The number of carbonyl (C=O) groups excluding carboxylic acids is 4. The van der Waals surface area contributed by atoms with E-state index in [-0.39, 0.29) is 4.90 Å². The number of urea groups is 1. The lowest BCUT2D eigenvalue weighted by Gasteiger charge is -2.28. The van der Waals surface area contributed by atoms with Gasteiger partial charge in [-0.15, -0.1) is 0 Å². The summed E-state index contributed by atoms with van der Waals surface area (Å²) in [6.07, 6.45) is 1.97. The normalized spacial score (nSPS) is 20.7. The number of benzene rings is 1. The van der Waals surface area contributed by atoms with Crippen molar-refractivity contribution in [3.05, 3.63) is 29.8 Å². The third-order valence-electron chi connectivity index (χ3n) is 5.24. The molecule has 170 valence electrons. The molecular weight excluding hydrogens is 426 g/mol. The summed E-state index contributed by atoms with van der Waals surface area (Å²) in [4.78, 5) is 50.9. The number of ether oxygens (including phenoxy) is 1. The van der Waals surface area contributed by atoms with Gasteiger partial charge in [0.15, 0.2) is 9.84 Å². The van der Waals surface area contributed by atoms with Crippen molar-refractivity contribution < 1.29 is 32.3 Å². The molecule has 0 radical (unpaired) electrons. The Kier molecular flexibility index (Phi) is 6.79. The first-order valence-corrected chi connectivity index (χ1v) is 11.5. The summed E-state index contributed by atoms with van der Waals surface area (Å²) in [6, 6.07) is 4.79. The number of amides is 4. The van der Waals surface area contributed by atoms with Crippen LogP contribution in [-0.2, 0) is 34.5 Å². The van der Waals surface area contributed by atoms with Gasteiger partial charge < -0.3 is 15.4 Å². The van der Waals surface area contributed by atoms with E-state index >= 15 is 0 Å². The minimum atomic E-state index is -3.42. The van der Waals surface area contributed by atoms with Crippen LogP contribution in [0.15, 0.2) is 29.2 Å². The van der Waals surface area contributed by atoms with Crippen molar-refractivity contribution in [2.24, 2.45) is 0 Å². The van der Waals surface area contributed by atoms with E-state index in [0.717, 1.165) is 11.2 Å². The molecule has 1 heterocycles. The number of imide groups is 1. The van der Waals surface area contributed by atoms with E-state index in [0.29, 0.717) is 18.4 Å². The molecule has 1 aliphatic heterocycles. The summed E-state index contributed by atoms with van der Waals surface area (Å²) in [5.74, 6) is -1.99. The van der Waals surface area contributed by atoms with E-state index in [1.807, 2.05) is 6.92 Å². The van der Waals surface area contributed by atoms with E-state index in [1.165, 1.54) is 45.2 Å². The minimum absolute atomic E-state index is 0.0749. The average molecular weight is 454 g/mol. The first-order valence-electron chi connectivity index (χ1n) is 9.62. The van der Waals surface area contributed by atoms with Crippen LogP contribution in [0.5, 0.6) is 0 Å². The lowest BCUT2D eigenvalue weighted by Crippen LogP contribution is -2.55. The Morgan fingerprint density at radius 1 is 1.23 bits per heavy atom. The fourth-order valence-electron chi connectivity index (χ4n) is 3.50. The Labute approximate surface area is 181 Å². The maximum atomic E-state index is 13.0. The lowest BCUT2D eigenvalue weighted by atomic mass is 9.92. The molecule has 0 saturated carbocycles. The number of nitrogens with one attached hydrogen (secondary N) is 2. The fraction of sp³-hybridized carbons (Fsp3) is 0.500. The van der Waals surface area contributed by atoms with Crippen LogP contribution in [0.1, 0.15) is 39.2 Å². The molecule has 0 spiro atoms. The summed E-state index contributed by atoms with van der Waals surface area (Å²) in [5.41, 5.74) is -2.39. The molecule has 0 aliphatic carbocycles. The Hall–Kier alpha value is -2.95. The third-order valence-corrected chi connectivity index (χ3v) is 6.37. The van der Waals surface area contributed by atoms with Crippen molar-refractivity contribution in [2.45, 2.75) is 49.6 Å². The second-order valence-electron chi connectivity index (χ2n) is 7.86. The van der Waals surface area contributed by atoms with Gasteiger partial charge in [0.1, 0.15) is 17.6 Å². The zero-order valence-electron chi connectivity index (χ0n) is 18.1. The van der Waals surface area contributed by atoms with Gasteiger partial charge in [0.25, 0.3) is 5.91 Å². The highest BCUT2D eigenvalue weighted by atomic mass is 32.2. The van der Waals surface area contributed by atoms with Gasteiger partial charge >= 0.3 is 12.0 Å². The van der Waals surface area contributed by atoms with E-state index in [1.54, 1.807) is 0 Å². The molecule has 4 amide bonds. The van der Waals surface area contributed by atoms with Crippen LogP contribution in [0.25, 0.3) is 0 Å². The fourth-order valence-corrected chi connectivity index (χ4v) is 4.13. The quantitative estimate of drug-likeness (QED) is 0.436. The molecule has 2 atom stereocenters. The van der Waals surface area contributed by atoms with Gasteiger partial charge in [-0.05, 0) is 38.0 Å². The van der Waals surface area contributed by atoms with Crippen molar-refractivity contribution in [1.29, 1.82) is 0 Å². The van der Waals surface area contributed by atoms with Crippen LogP contribution in [0, 0.1) is 0 Å². The van der Waals surface area contributed by atoms with E-state index in [4.69, 9.17) is 4.74 Å². The molecule has 1 aromatic carbocycles. The second-order valence-corrected chi connectivity index (χ2v) is 9.88. The standard InChI is InChI=1S/C20H27N3O7S/c1-6-11-19(2,17(26)30-4)21-15(24)12-23-16(25)20(3,22-18(23)27)13-7-9-14(10-8-13)31(5,28)29/h7-10H,6,11-12H2,1-5H3,(H,21,24)(H,22,27)/t19-,20-/m1/s1. The van der Waals surface area contributed by atoms with Gasteiger partial charge in [0, 0.05) is 6.26 Å². The minimum Gasteiger partial charge on any atom is -0.467 e. The van der Waals surface area contributed by atoms with Crippen molar-refractivity contribution in [3.63, 3.8) is 0 Å². The van der Waals surface area contributed by atoms with Crippen LogP contribution in [0.3, 0.4) is 0 Å². The zero-order valence-corrected chi connectivity index (χ0v) is 19.0. The van der Waals surface area contributed by atoms with Gasteiger partial charge in [-0.2, -0.15) is 0 Å². The maximum absolute atomic E-state index is 13.0. The van der Waals surface area contributed by atoms with E-state index < -0.39 is 51.3 Å². The van der Waals surface area contributed by atoms with Crippen molar-refractivity contribution >= 4 is 33.7 Å². The summed E-state index contributed by atoms with van der Waals surface area (Å²) >= 11 is 0. The monoisotopic (exact) mass is 453 g/mol. The van der Waals surface area contributed by atoms with Gasteiger partial charge in [0.2, 0.25) is 5.91 Å². The highest BCUT2D eigenvalue weighted by molar-refractivity contribution is 7.90. The second kappa shape index (κ2) is 8.66. The first-order chi connectivity index (χ1) is 14.3. The molecule has 1 saturated heterocycles. The highest BCUT2D eigenvalue weighted by Crippen LogP contribution is 2.29. The molecule has 1 fully saturated rings. The van der Waals surface area contributed by atoms with Crippen LogP contribution in [-0.4, -0.2) is 62.6 Å². The van der Waals surface area contributed by atoms with Crippen LogP contribution in [0.4, 0.5) is 4.79 Å². The number of sulfone groups is 1. The van der Waals surface area contributed by atoms with E-state index in [2.05, 4.69) is 10.6 Å². The predicted octanol–water partition coefficient (Wildman–Crippen LogP) is 0.705. The lowest BCUT2D eigenvalue weighted by molar-refractivity contribution is -0.150. The Morgan fingerprint density at radius 2 is 1.81 bits per heavy atom. The maximum Gasteiger partial charge on any atom is 0.331 e. The number of esters is 1. The van der Waals surface area contributed by atoms with Crippen molar-refractivity contribution in [2.75, 3.05) is 19.9 Å². The third kappa shape index (κ3) is 4.87. The van der Waals surface area contributed by atoms with Crippen LogP contribution >= 0.6 is 0 Å². The summed E-state index contributed by atoms with van der Waals surface area (Å²) < 4.78 is 28.0. The zero-order chi connectivity index (χ0) is 23.6. The molecule has 11 heteroatoms. The molecule has 1 aliphatic rings. The number of hydrogen-bond acceptors (Lipinski definition) is 7. The Morgan fingerprint density at radius 3 is 2.29 bits per heavy atom. The number of hydrogen-bond donors (Lipinski definition) is 2. The topological polar surface area (TPSA) is 139 Å². The molecule has 2 N–H and O–H groups in total. The van der Waals surface area contributed by atoms with Gasteiger partial charge in [-0.1, -0.05) is 25.5 Å². The number of nitrogens with zero attached hydrogens (tertiary/aromatic N) is 1. The molecular formula is C20H27N3O7S. The van der Waals surface area contributed by atoms with E-state index in [9.17, 15) is 27.6 Å². The van der Waals surface area contributed by atoms with Crippen molar-refractivity contribution in [1.82, 2.24) is 15.5 Å². The number of rotatable bonds is 8. The average Bonchev–Trinajstić information content (AvgIpc) is 2.90. The summed E-state index contributed by atoms with van der Waals surface area (Å²) in [6.45, 7) is 4.24. The predicted molar refractivity (Wildman–Crippen MR) is 111 cm³/mol. The molecule has 0 aromatic heterocycles. The van der Waals surface area contributed by atoms with Crippen LogP contribution in [0.2, 0.25) is 0 Å². The van der Waals surface area contributed by atoms with Crippen LogP contribution < -0.4 is 10.6 Å². The SMILES string of the molecule is CCC[C@@](C)(NC(=O)CN1C(=O)N[C@](C)(c2ccc(S(C)(=O)=O)cc2)C1=O)C(=O)OC. The molecule has 1 aromatic rings. The number of carbonyl (C=O) groups is 4. The highest BCUT2D eigenvalue weighted by Gasteiger charge is 2.50. The number of methoxy groups -OCH3 is 1. The molecule has 2 rings (SSSR count). The molecule has 0 unspecified atom stereocenters. The Bertz CT molecular complexity index is 1010. The smallest absolute Gasteiger partial charge is 0.331 e.